The molecule has 0 amide bonds. The van der Waals surface area contributed by atoms with Gasteiger partial charge in [0.1, 0.15) is 0 Å². The Kier molecular flexibility index (Phi) is 6.27. The second-order valence-electron chi connectivity index (χ2n) is 0.710. The maximum absolute atomic E-state index is 9.56. The molecular formula is C2H2BLiO4. The van der Waals surface area contributed by atoms with Crippen molar-refractivity contribution in [3.63, 3.8) is 0 Å². The van der Waals surface area contributed by atoms with Crippen molar-refractivity contribution in [2.75, 3.05) is 0 Å². The fourth-order valence-electron chi connectivity index (χ4n) is 0.0504. The zero-order valence-electron chi connectivity index (χ0n) is 5.25. The van der Waals surface area contributed by atoms with Crippen molar-refractivity contribution in [2.24, 2.45) is 0 Å². The minimum absolute atomic E-state index is 0. The Morgan fingerprint density at radius 1 is 1.62 bits per heavy atom. The monoisotopic (exact) mass is 108 g/mol. The molecule has 0 heterocycles. The average Bonchev–Trinajstić information content (AvgIpc) is 1.65. The van der Waals surface area contributed by atoms with Crippen molar-refractivity contribution in [1.82, 2.24) is 0 Å². The van der Waals surface area contributed by atoms with Crippen molar-refractivity contribution in [3.05, 3.63) is 0 Å². The third kappa shape index (κ3) is 3.78. The minimum Gasteiger partial charge on any atom is -1.00 e. The summed E-state index contributed by atoms with van der Waals surface area (Å²) in [4.78, 5) is 18.9. The van der Waals surface area contributed by atoms with E-state index in [1.54, 1.807) is 0 Å². The Morgan fingerprint density at radius 2 is 2.00 bits per heavy atom. The summed E-state index contributed by atoms with van der Waals surface area (Å²) in [7, 11) is 4.14. The molecule has 0 rings (SSSR count). The largest absolute Gasteiger partial charge is 1.00 e. The second-order valence-corrected chi connectivity index (χ2v) is 0.710. The molecule has 0 atom stereocenters. The van der Waals surface area contributed by atoms with E-state index in [1.807, 2.05) is 0 Å². The molecule has 0 aromatic rings. The van der Waals surface area contributed by atoms with Crippen molar-refractivity contribution >= 4 is 20.0 Å². The smallest absolute Gasteiger partial charge is 1.00 e. The molecule has 0 aromatic heterocycles. The van der Waals surface area contributed by atoms with Gasteiger partial charge in [-0.1, -0.05) is 0 Å². The van der Waals surface area contributed by atoms with Crippen LogP contribution in [0.25, 0.3) is 0 Å². The summed E-state index contributed by atoms with van der Waals surface area (Å²) in [6.45, 7) is 0. The summed E-state index contributed by atoms with van der Waals surface area (Å²) >= 11 is 0. The average molecular weight is 108 g/mol. The molecule has 0 fully saturated rings. The molecule has 38 valence electrons. The maximum Gasteiger partial charge on any atom is 1.00 e. The van der Waals surface area contributed by atoms with Crippen LogP contribution in [0.3, 0.4) is 0 Å². The van der Waals surface area contributed by atoms with E-state index in [0.717, 1.165) is 0 Å². The van der Waals surface area contributed by atoms with Gasteiger partial charge < -0.3 is 11.2 Å². The van der Waals surface area contributed by atoms with E-state index in [4.69, 9.17) is 5.11 Å². The molecule has 0 aliphatic heterocycles. The predicted molar refractivity (Wildman–Crippen MR) is 20.6 cm³/mol. The summed E-state index contributed by atoms with van der Waals surface area (Å²) in [5.41, 5.74) is 0. The number of carbonyl (C=O) groups is 2. The second kappa shape index (κ2) is 4.75. The minimum atomic E-state index is -1.69. The number of hydrogen-bond donors (Lipinski definition) is 1. The van der Waals surface area contributed by atoms with E-state index >= 15 is 0 Å². The summed E-state index contributed by atoms with van der Waals surface area (Å²) in [6.07, 6.45) is 0. The first-order valence-electron chi connectivity index (χ1n) is 1.32. The first kappa shape index (κ1) is 10.6. The molecule has 0 saturated heterocycles. The molecule has 0 aromatic carbocycles. The molecule has 0 saturated carbocycles. The van der Waals surface area contributed by atoms with Gasteiger partial charge in [0.25, 0.3) is 0 Å². The number of rotatable bonds is 0. The van der Waals surface area contributed by atoms with Gasteiger partial charge in [0.05, 0.1) is 0 Å². The molecular weight excluding hydrogens is 106 g/mol. The van der Waals surface area contributed by atoms with E-state index in [9.17, 15) is 9.59 Å². The van der Waals surface area contributed by atoms with Gasteiger partial charge in [-0.3, -0.25) is 0 Å². The van der Waals surface area contributed by atoms with Gasteiger partial charge in [0, 0.05) is 0 Å². The molecule has 4 nitrogen and oxygen atoms in total. The van der Waals surface area contributed by atoms with Crippen molar-refractivity contribution in [1.29, 1.82) is 0 Å². The van der Waals surface area contributed by atoms with E-state index < -0.39 is 11.9 Å². The van der Waals surface area contributed by atoms with E-state index in [0.29, 0.717) is 0 Å². The molecule has 0 aliphatic carbocycles. The van der Waals surface area contributed by atoms with Crippen molar-refractivity contribution in [3.8, 4) is 0 Å². The Labute approximate surface area is 60.3 Å². The van der Waals surface area contributed by atoms with Crippen LogP contribution in [0, 0.1) is 0 Å². The van der Waals surface area contributed by atoms with Gasteiger partial charge in [-0.25, -0.2) is 9.59 Å². The number of carboxylic acid groups (broad SMARTS) is 1. The molecule has 0 spiro atoms. The standard InChI is InChI=1S/C2HBO4.Li.H/c3-7-2(6)1(4)5;;/h(H,4,5);;/q;+1;-1. The quantitative estimate of drug-likeness (QED) is 0.252. The third-order valence-corrected chi connectivity index (χ3v) is 0.282. The Bertz CT molecular complexity index is 107. The number of carboxylic acids is 1. The van der Waals surface area contributed by atoms with Crippen LogP contribution >= 0.6 is 0 Å². The summed E-state index contributed by atoms with van der Waals surface area (Å²) in [6, 6.07) is 0. The van der Waals surface area contributed by atoms with Gasteiger partial charge in [0.2, 0.25) is 0 Å². The summed E-state index contributed by atoms with van der Waals surface area (Å²) in [5, 5.41) is 7.63. The topological polar surface area (TPSA) is 63.6 Å². The summed E-state index contributed by atoms with van der Waals surface area (Å²) in [5.74, 6) is -3.15. The number of carbonyl (C=O) groups excluding carboxylic acids is 1. The van der Waals surface area contributed by atoms with Gasteiger partial charge in [0.15, 0.2) is 0 Å². The first-order valence-corrected chi connectivity index (χ1v) is 1.32. The van der Waals surface area contributed by atoms with Crippen LogP contribution in [-0.4, -0.2) is 25.1 Å². The van der Waals surface area contributed by atoms with Gasteiger partial charge >= 0.3 is 38.8 Å². The fourth-order valence-corrected chi connectivity index (χ4v) is 0.0504. The molecule has 1 N–H and O–H groups in total. The SMILES string of the molecule is [B]OC(=O)C(=O)O.[H-].[Li+]. The van der Waals surface area contributed by atoms with E-state index in [-0.39, 0.29) is 20.3 Å². The van der Waals surface area contributed by atoms with Gasteiger partial charge in [-0.05, 0) is 0 Å². The zero-order valence-corrected chi connectivity index (χ0v) is 4.25. The molecule has 8 heavy (non-hydrogen) atoms. The number of hydrogen-bond acceptors (Lipinski definition) is 3. The Balaban J connectivity index is -0.000000180. The van der Waals surface area contributed by atoms with Crippen molar-refractivity contribution < 1.29 is 39.6 Å². The molecule has 0 bridgehead atoms. The van der Waals surface area contributed by atoms with Crippen LogP contribution in [0.2, 0.25) is 0 Å². The van der Waals surface area contributed by atoms with E-state index in [1.165, 1.54) is 0 Å². The molecule has 2 radical (unpaired) electrons. The van der Waals surface area contributed by atoms with Gasteiger partial charge in [-0.2, -0.15) is 0 Å². The van der Waals surface area contributed by atoms with Crippen molar-refractivity contribution in [2.45, 2.75) is 0 Å². The normalized spacial score (nSPS) is 6.50. The van der Waals surface area contributed by atoms with Gasteiger partial charge in [-0.15, -0.1) is 0 Å². The fraction of sp³-hybridized carbons (Fsp3) is 0. The first-order chi connectivity index (χ1) is 3.18. The van der Waals surface area contributed by atoms with Crippen LogP contribution in [0.15, 0.2) is 0 Å². The Morgan fingerprint density at radius 3 is 2.00 bits per heavy atom. The molecule has 0 unspecified atom stereocenters. The maximum atomic E-state index is 9.56. The number of aliphatic carboxylic acids is 1. The van der Waals surface area contributed by atoms with Crippen LogP contribution < -0.4 is 18.9 Å². The van der Waals surface area contributed by atoms with Crippen LogP contribution in [0.5, 0.6) is 0 Å². The van der Waals surface area contributed by atoms with Crippen LogP contribution in [-0.2, 0) is 14.2 Å². The summed E-state index contributed by atoms with van der Waals surface area (Å²) < 4.78 is 3.27. The van der Waals surface area contributed by atoms with Crippen LogP contribution in [0.1, 0.15) is 1.43 Å². The predicted octanol–water partition coefficient (Wildman–Crippen LogP) is -4.19. The third-order valence-electron chi connectivity index (χ3n) is 0.282. The molecule has 6 heteroatoms. The van der Waals surface area contributed by atoms with E-state index in [2.05, 4.69) is 12.7 Å². The Hall–Kier alpha value is -0.398. The van der Waals surface area contributed by atoms with Crippen LogP contribution in [0.4, 0.5) is 0 Å². The zero-order chi connectivity index (χ0) is 5.86. The molecule has 0 aliphatic rings.